The molecule has 1 heterocycles. The van der Waals surface area contributed by atoms with Gasteiger partial charge in [-0.1, -0.05) is 24.3 Å². The molecule has 0 aliphatic carbocycles. The quantitative estimate of drug-likeness (QED) is 0.356. The molecule has 0 aliphatic rings. The number of rotatable bonds is 10. The molecule has 1 atom stereocenters. The summed E-state index contributed by atoms with van der Waals surface area (Å²) in [7, 11) is 1.31. The monoisotopic (exact) mass is 467 g/mol. The van der Waals surface area contributed by atoms with Gasteiger partial charge in [0.1, 0.15) is 11.9 Å². The Balaban J connectivity index is 1.78. The molecule has 8 heteroatoms. The first-order chi connectivity index (χ1) is 16.0. The molecule has 0 saturated carbocycles. The fourth-order valence-corrected chi connectivity index (χ4v) is 3.73. The molecule has 0 radical (unpaired) electrons. The Bertz CT molecular complexity index is 1080. The highest BCUT2D eigenvalue weighted by Crippen LogP contribution is 2.21. The van der Waals surface area contributed by atoms with E-state index in [4.69, 9.17) is 4.74 Å². The summed E-state index contributed by atoms with van der Waals surface area (Å²) in [6.07, 6.45) is 9.71. The standard InChI is InChI=1S/C25H26FN3O3S/c1-32-25(31)23(11-14-33-2)28-24(30)20-5-3-18(4-6-20)15-21(16-29-13-12-27-17-29)19-7-9-22(26)10-8-19/h3-10,12-13,15,17,23H,11,14,16H2,1-2H3,(H,28,30)/t23-/m0/s1. The second-order valence-electron chi connectivity index (χ2n) is 7.36. The van der Waals surface area contributed by atoms with Crippen LogP contribution in [-0.2, 0) is 16.1 Å². The molecule has 0 spiro atoms. The molecule has 0 unspecified atom stereocenters. The van der Waals surface area contributed by atoms with Crippen molar-refractivity contribution in [1.82, 2.24) is 14.9 Å². The van der Waals surface area contributed by atoms with Crippen LogP contribution in [0.2, 0.25) is 0 Å². The molecule has 1 amide bonds. The van der Waals surface area contributed by atoms with E-state index in [0.717, 1.165) is 22.5 Å². The Morgan fingerprint density at radius 2 is 1.85 bits per heavy atom. The number of nitrogens with one attached hydrogen (secondary N) is 1. The number of allylic oxidation sites excluding steroid dienone is 1. The summed E-state index contributed by atoms with van der Waals surface area (Å²) >= 11 is 1.60. The topological polar surface area (TPSA) is 73.2 Å². The van der Waals surface area contributed by atoms with Gasteiger partial charge >= 0.3 is 5.97 Å². The summed E-state index contributed by atoms with van der Waals surface area (Å²) in [6.45, 7) is 0.560. The van der Waals surface area contributed by atoms with Crippen molar-refractivity contribution in [2.75, 3.05) is 19.1 Å². The molecule has 2 aromatic carbocycles. The van der Waals surface area contributed by atoms with Crippen molar-refractivity contribution >= 4 is 35.3 Å². The van der Waals surface area contributed by atoms with Crippen molar-refractivity contribution in [3.8, 4) is 0 Å². The summed E-state index contributed by atoms with van der Waals surface area (Å²) in [5.41, 5.74) is 3.19. The molecule has 33 heavy (non-hydrogen) atoms. The molecule has 1 N–H and O–H groups in total. The summed E-state index contributed by atoms with van der Waals surface area (Å²) in [6, 6.07) is 12.7. The first-order valence-electron chi connectivity index (χ1n) is 10.4. The van der Waals surface area contributed by atoms with Gasteiger partial charge < -0.3 is 14.6 Å². The third-order valence-corrected chi connectivity index (χ3v) is 5.69. The number of aromatic nitrogens is 2. The number of thioether (sulfide) groups is 1. The number of imidazole rings is 1. The number of amides is 1. The first kappa shape index (κ1) is 24.3. The lowest BCUT2D eigenvalue weighted by molar-refractivity contribution is -0.142. The zero-order valence-electron chi connectivity index (χ0n) is 18.5. The van der Waals surface area contributed by atoms with Crippen molar-refractivity contribution in [3.05, 3.63) is 89.8 Å². The minimum atomic E-state index is -0.685. The van der Waals surface area contributed by atoms with Gasteiger partial charge in [0.15, 0.2) is 0 Å². The van der Waals surface area contributed by atoms with Gasteiger partial charge in [-0.3, -0.25) is 4.79 Å². The highest BCUT2D eigenvalue weighted by Gasteiger charge is 2.21. The maximum absolute atomic E-state index is 13.4. The second-order valence-corrected chi connectivity index (χ2v) is 8.35. The smallest absolute Gasteiger partial charge is 0.328 e. The van der Waals surface area contributed by atoms with Gasteiger partial charge in [0.05, 0.1) is 13.4 Å². The highest BCUT2D eigenvalue weighted by atomic mass is 32.2. The summed E-state index contributed by atoms with van der Waals surface area (Å²) in [5, 5.41) is 2.75. The number of hydrogen-bond donors (Lipinski definition) is 1. The lowest BCUT2D eigenvalue weighted by Crippen LogP contribution is -2.41. The van der Waals surface area contributed by atoms with Crippen LogP contribution in [0.3, 0.4) is 0 Å². The number of benzene rings is 2. The number of halogens is 1. The molecule has 0 fully saturated rings. The number of esters is 1. The minimum Gasteiger partial charge on any atom is -0.467 e. The van der Waals surface area contributed by atoms with Crippen LogP contribution in [0.1, 0.15) is 27.9 Å². The average Bonchev–Trinajstić information content (AvgIpc) is 3.35. The fraction of sp³-hybridized carbons (Fsp3) is 0.240. The van der Waals surface area contributed by atoms with E-state index in [2.05, 4.69) is 10.3 Å². The van der Waals surface area contributed by atoms with E-state index in [0.29, 0.717) is 18.5 Å². The molecule has 3 aromatic rings. The van der Waals surface area contributed by atoms with Crippen molar-refractivity contribution in [3.63, 3.8) is 0 Å². The number of nitrogens with zero attached hydrogens (tertiary/aromatic N) is 2. The van der Waals surface area contributed by atoms with E-state index >= 15 is 0 Å². The predicted octanol–water partition coefficient (Wildman–Crippen LogP) is 4.29. The molecular formula is C25H26FN3O3S. The van der Waals surface area contributed by atoms with E-state index in [-0.39, 0.29) is 11.7 Å². The Kier molecular flexibility index (Phi) is 8.83. The predicted molar refractivity (Wildman–Crippen MR) is 129 cm³/mol. The van der Waals surface area contributed by atoms with Crippen LogP contribution in [0.4, 0.5) is 4.39 Å². The molecule has 0 aliphatic heterocycles. The zero-order chi connectivity index (χ0) is 23.6. The fourth-order valence-electron chi connectivity index (χ4n) is 3.26. The number of carbonyl (C=O) groups excluding carboxylic acids is 2. The van der Waals surface area contributed by atoms with E-state index in [1.165, 1.54) is 19.2 Å². The third-order valence-electron chi connectivity index (χ3n) is 5.04. The molecular weight excluding hydrogens is 441 g/mol. The van der Waals surface area contributed by atoms with Crippen LogP contribution in [0.15, 0.2) is 67.3 Å². The molecule has 0 saturated heterocycles. The SMILES string of the molecule is COC(=O)[C@H](CCSC)NC(=O)c1ccc(C=C(Cn2ccnc2)c2ccc(F)cc2)cc1. The number of ether oxygens (including phenoxy) is 1. The van der Waals surface area contributed by atoms with Crippen molar-refractivity contribution in [2.24, 2.45) is 0 Å². The van der Waals surface area contributed by atoms with E-state index < -0.39 is 12.0 Å². The van der Waals surface area contributed by atoms with Crippen molar-refractivity contribution in [1.29, 1.82) is 0 Å². The van der Waals surface area contributed by atoms with Gasteiger partial charge in [-0.2, -0.15) is 11.8 Å². The molecule has 172 valence electrons. The van der Waals surface area contributed by atoms with Crippen LogP contribution in [0.5, 0.6) is 0 Å². The van der Waals surface area contributed by atoms with Gasteiger partial charge in [0, 0.05) is 24.5 Å². The average molecular weight is 468 g/mol. The highest BCUT2D eigenvalue weighted by molar-refractivity contribution is 7.98. The molecule has 3 rings (SSSR count). The van der Waals surface area contributed by atoms with Gasteiger partial charge in [-0.05, 0) is 65.5 Å². The largest absolute Gasteiger partial charge is 0.467 e. The maximum Gasteiger partial charge on any atom is 0.328 e. The molecule has 0 bridgehead atoms. The Morgan fingerprint density at radius 1 is 1.15 bits per heavy atom. The number of carbonyl (C=O) groups is 2. The van der Waals surface area contributed by atoms with Crippen LogP contribution in [0.25, 0.3) is 11.6 Å². The lowest BCUT2D eigenvalue weighted by atomic mass is 10.0. The summed E-state index contributed by atoms with van der Waals surface area (Å²) < 4.78 is 20.1. The summed E-state index contributed by atoms with van der Waals surface area (Å²) in [5.74, 6) is -0.356. The second kappa shape index (κ2) is 12.0. The molecule has 1 aromatic heterocycles. The zero-order valence-corrected chi connectivity index (χ0v) is 19.3. The van der Waals surface area contributed by atoms with Crippen LogP contribution >= 0.6 is 11.8 Å². The Morgan fingerprint density at radius 3 is 2.45 bits per heavy atom. The Labute approximate surface area is 196 Å². The lowest BCUT2D eigenvalue weighted by Gasteiger charge is -2.16. The van der Waals surface area contributed by atoms with Gasteiger partial charge in [0.25, 0.3) is 5.91 Å². The van der Waals surface area contributed by atoms with Crippen molar-refractivity contribution < 1.29 is 18.7 Å². The van der Waals surface area contributed by atoms with E-state index in [1.54, 1.807) is 48.6 Å². The van der Waals surface area contributed by atoms with Crippen LogP contribution in [-0.4, -0.2) is 46.6 Å². The van der Waals surface area contributed by atoms with E-state index in [1.807, 2.05) is 35.2 Å². The number of hydrogen-bond acceptors (Lipinski definition) is 5. The van der Waals surface area contributed by atoms with Gasteiger partial charge in [0.2, 0.25) is 0 Å². The third kappa shape index (κ3) is 7.05. The van der Waals surface area contributed by atoms with Crippen LogP contribution in [0, 0.1) is 5.82 Å². The van der Waals surface area contributed by atoms with Crippen LogP contribution < -0.4 is 5.32 Å². The van der Waals surface area contributed by atoms with Crippen molar-refractivity contribution in [2.45, 2.75) is 19.0 Å². The first-order valence-corrected chi connectivity index (χ1v) is 11.8. The van der Waals surface area contributed by atoms with Gasteiger partial charge in [-0.15, -0.1) is 0 Å². The van der Waals surface area contributed by atoms with Gasteiger partial charge in [-0.25, -0.2) is 14.2 Å². The molecule has 6 nitrogen and oxygen atoms in total. The maximum atomic E-state index is 13.4. The van der Waals surface area contributed by atoms with E-state index in [9.17, 15) is 14.0 Å². The normalized spacial score (nSPS) is 12.3. The number of methoxy groups -OCH3 is 1. The summed E-state index contributed by atoms with van der Waals surface area (Å²) in [4.78, 5) is 28.7. The Hall–Kier alpha value is -3.39. The minimum absolute atomic E-state index is 0.293.